The number of hydrogen-bond donors (Lipinski definition) is 0. The lowest BCUT2D eigenvalue weighted by atomic mass is 10.1. The SMILES string of the molecule is CCCc1nccc2c(N3CCN(C(=O)OC(C)(C)C)CC3)nc(-c3ccncc3)nc12. The van der Waals surface area contributed by atoms with Gasteiger partial charge in [0.2, 0.25) is 0 Å². The number of piperazine rings is 1. The Kier molecular flexibility index (Phi) is 6.21. The molecule has 168 valence electrons. The second-order valence-electron chi connectivity index (χ2n) is 8.96. The van der Waals surface area contributed by atoms with Crippen molar-refractivity contribution >= 4 is 22.8 Å². The molecule has 3 aromatic heterocycles. The van der Waals surface area contributed by atoms with Crippen LogP contribution in [0.25, 0.3) is 22.3 Å². The molecule has 1 aliphatic rings. The Morgan fingerprint density at radius 2 is 1.75 bits per heavy atom. The van der Waals surface area contributed by atoms with Crippen LogP contribution in [0.3, 0.4) is 0 Å². The number of nitrogens with zero attached hydrogens (tertiary/aromatic N) is 6. The molecular formula is C24H30N6O2. The van der Waals surface area contributed by atoms with Crippen molar-refractivity contribution in [3.05, 3.63) is 42.5 Å². The number of fused-ring (bicyclic) bond motifs is 1. The molecule has 3 aromatic rings. The highest BCUT2D eigenvalue weighted by atomic mass is 16.6. The molecular weight excluding hydrogens is 404 g/mol. The monoisotopic (exact) mass is 434 g/mol. The Morgan fingerprint density at radius 3 is 2.41 bits per heavy atom. The van der Waals surface area contributed by atoms with Crippen LogP contribution in [-0.2, 0) is 11.2 Å². The molecule has 0 unspecified atom stereocenters. The Balaban J connectivity index is 1.68. The van der Waals surface area contributed by atoms with Crippen LogP contribution < -0.4 is 4.90 Å². The molecule has 32 heavy (non-hydrogen) atoms. The van der Waals surface area contributed by atoms with E-state index in [4.69, 9.17) is 14.7 Å². The first-order valence-corrected chi connectivity index (χ1v) is 11.1. The maximum Gasteiger partial charge on any atom is 0.410 e. The van der Waals surface area contributed by atoms with Crippen molar-refractivity contribution in [1.82, 2.24) is 24.8 Å². The lowest BCUT2D eigenvalue weighted by Gasteiger charge is -2.36. The number of pyridine rings is 2. The van der Waals surface area contributed by atoms with Crippen molar-refractivity contribution in [3.63, 3.8) is 0 Å². The summed E-state index contributed by atoms with van der Waals surface area (Å²) in [5.74, 6) is 1.54. The van der Waals surface area contributed by atoms with Gasteiger partial charge in [-0.25, -0.2) is 14.8 Å². The van der Waals surface area contributed by atoms with Gasteiger partial charge in [-0.1, -0.05) is 13.3 Å². The average molecular weight is 435 g/mol. The zero-order valence-corrected chi connectivity index (χ0v) is 19.2. The van der Waals surface area contributed by atoms with Gasteiger partial charge in [-0.3, -0.25) is 9.97 Å². The Morgan fingerprint density at radius 1 is 1.03 bits per heavy atom. The first-order valence-electron chi connectivity index (χ1n) is 11.1. The molecule has 0 bridgehead atoms. The van der Waals surface area contributed by atoms with E-state index in [1.54, 1.807) is 17.3 Å². The van der Waals surface area contributed by atoms with E-state index in [0.29, 0.717) is 32.0 Å². The maximum atomic E-state index is 12.5. The van der Waals surface area contributed by atoms with Gasteiger partial charge in [-0.15, -0.1) is 0 Å². The summed E-state index contributed by atoms with van der Waals surface area (Å²) in [5, 5.41) is 0.993. The number of aryl methyl sites for hydroxylation is 1. The molecule has 0 atom stereocenters. The van der Waals surface area contributed by atoms with Crippen molar-refractivity contribution in [2.75, 3.05) is 31.1 Å². The van der Waals surface area contributed by atoms with E-state index in [1.807, 2.05) is 45.2 Å². The predicted molar refractivity (Wildman–Crippen MR) is 125 cm³/mol. The fourth-order valence-electron chi connectivity index (χ4n) is 3.81. The summed E-state index contributed by atoms with van der Waals surface area (Å²) in [4.78, 5) is 35.0. The number of rotatable bonds is 4. The van der Waals surface area contributed by atoms with Gasteiger partial charge in [0.1, 0.15) is 11.4 Å². The Labute approximate surface area is 188 Å². The molecule has 4 rings (SSSR count). The van der Waals surface area contributed by atoms with Crippen molar-refractivity contribution in [2.45, 2.75) is 46.1 Å². The fraction of sp³-hybridized carbons (Fsp3) is 0.458. The van der Waals surface area contributed by atoms with Crippen molar-refractivity contribution < 1.29 is 9.53 Å². The van der Waals surface area contributed by atoms with E-state index in [-0.39, 0.29) is 6.09 Å². The molecule has 0 aliphatic carbocycles. The van der Waals surface area contributed by atoms with Crippen molar-refractivity contribution in [1.29, 1.82) is 0 Å². The second kappa shape index (κ2) is 9.06. The lowest BCUT2D eigenvalue weighted by Crippen LogP contribution is -2.50. The zero-order valence-electron chi connectivity index (χ0n) is 19.2. The molecule has 0 spiro atoms. The van der Waals surface area contributed by atoms with E-state index in [2.05, 4.69) is 21.8 Å². The smallest absolute Gasteiger partial charge is 0.410 e. The van der Waals surface area contributed by atoms with E-state index >= 15 is 0 Å². The average Bonchev–Trinajstić information content (AvgIpc) is 2.78. The molecule has 0 N–H and O–H groups in total. The van der Waals surface area contributed by atoms with Crippen LogP contribution in [0, 0.1) is 0 Å². The minimum atomic E-state index is -0.501. The quantitative estimate of drug-likeness (QED) is 0.611. The van der Waals surface area contributed by atoms with Crippen LogP contribution in [0.2, 0.25) is 0 Å². The fourth-order valence-corrected chi connectivity index (χ4v) is 3.81. The van der Waals surface area contributed by atoms with E-state index in [0.717, 1.165) is 40.8 Å². The first kappa shape index (κ1) is 21.9. The minimum Gasteiger partial charge on any atom is -0.444 e. The lowest BCUT2D eigenvalue weighted by molar-refractivity contribution is 0.0240. The summed E-state index contributed by atoms with van der Waals surface area (Å²) in [6.07, 6.45) is 6.91. The number of carbonyl (C=O) groups excluding carboxylic acids is 1. The van der Waals surface area contributed by atoms with E-state index in [9.17, 15) is 4.79 Å². The molecule has 1 fully saturated rings. The summed E-state index contributed by atoms with van der Waals surface area (Å²) in [6.45, 7) is 10.3. The van der Waals surface area contributed by atoms with Crippen molar-refractivity contribution in [3.8, 4) is 11.4 Å². The van der Waals surface area contributed by atoms with Gasteiger partial charge in [-0.2, -0.15) is 0 Å². The van der Waals surface area contributed by atoms with E-state index < -0.39 is 5.60 Å². The molecule has 4 heterocycles. The largest absolute Gasteiger partial charge is 0.444 e. The molecule has 0 saturated carbocycles. The first-order chi connectivity index (χ1) is 15.4. The Bertz CT molecular complexity index is 1090. The van der Waals surface area contributed by atoms with Gasteiger partial charge < -0.3 is 14.5 Å². The third-order valence-corrected chi connectivity index (χ3v) is 5.33. The number of aromatic nitrogens is 4. The molecule has 0 aromatic carbocycles. The topological polar surface area (TPSA) is 84.3 Å². The van der Waals surface area contributed by atoms with Gasteiger partial charge in [-0.05, 0) is 45.4 Å². The van der Waals surface area contributed by atoms with Gasteiger partial charge in [0, 0.05) is 55.7 Å². The minimum absolute atomic E-state index is 0.267. The van der Waals surface area contributed by atoms with Crippen LogP contribution in [0.5, 0.6) is 0 Å². The summed E-state index contributed by atoms with van der Waals surface area (Å²) in [7, 11) is 0. The normalized spacial score (nSPS) is 14.6. The highest BCUT2D eigenvalue weighted by molar-refractivity contribution is 5.92. The van der Waals surface area contributed by atoms with Crippen molar-refractivity contribution in [2.24, 2.45) is 0 Å². The Hall–Kier alpha value is -3.29. The molecule has 1 amide bonds. The maximum absolute atomic E-state index is 12.5. The zero-order chi connectivity index (χ0) is 22.7. The highest BCUT2D eigenvalue weighted by Crippen LogP contribution is 2.30. The van der Waals surface area contributed by atoms with E-state index in [1.165, 1.54) is 0 Å². The predicted octanol–water partition coefficient (Wildman–Crippen LogP) is 4.10. The molecule has 1 saturated heterocycles. The molecule has 8 nitrogen and oxygen atoms in total. The van der Waals surface area contributed by atoms with Crippen LogP contribution in [0.15, 0.2) is 36.8 Å². The third-order valence-electron chi connectivity index (χ3n) is 5.33. The van der Waals surface area contributed by atoms with Crippen LogP contribution in [0.4, 0.5) is 10.6 Å². The summed E-state index contributed by atoms with van der Waals surface area (Å²) >= 11 is 0. The number of hydrogen-bond acceptors (Lipinski definition) is 7. The molecule has 0 radical (unpaired) electrons. The second-order valence-corrected chi connectivity index (χ2v) is 8.96. The number of carbonyl (C=O) groups is 1. The highest BCUT2D eigenvalue weighted by Gasteiger charge is 2.27. The third kappa shape index (κ3) is 4.79. The summed E-state index contributed by atoms with van der Waals surface area (Å²) in [6, 6.07) is 5.82. The van der Waals surface area contributed by atoms with Gasteiger partial charge in [0.25, 0.3) is 0 Å². The van der Waals surface area contributed by atoms with Crippen LogP contribution >= 0.6 is 0 Å². The molecule has 1 aliphatic heterocycles. The summed E-state index contributed by atoms with van der Waals surface area (Å²) in [5.41, 5.74) is 2.29. The standard InChI is InChI=1S/C24H30N6O2/c1-5-6-19-20-18(9-12-26-19)22(28-21(27-20)17-7-10-25-11-8-17)29-13-15-30(16-14-29)23(31)32-24(2,3)4/h7-12H,5-6,13-16H2,1-4H3. The van der Waals surface area contributed by atoms with Gasteiger partial charge in [0.05, 0.1) is 11.2 Å². The molecule has 8 heteroatoms. The number of anilines is 1. The van der Waals surface area contributed by atoms with Gasteiger partial charge >= 0.3 is 6.09 Å². The van der Waals surface area contributed by atoms with Gasteiger partial charge in [0.15, 0.2) is 5.82 Å². The summed E-state index contributed by atoms with van der Waals surface area (Å²) < 4.78 is 5.54. The number of amides is 1. The van der Waals surface area contributed by atoms with Crippen LogP contribution in [0.1, 0.15) is 39.8 Å². The van der Waals surface area contributed by atoms with Crippen LogP contribution in [-0.4, -0.2) is 62.7 Å². The number of ether oxygens (including phenoxy) is 1.